The Morgan fingerprint density at radius 2 is 1.50 bits per heavy atom. The molecule has 26 heavy (non-hydrogen) atoms. The van der Waals surface area contributed by atoms with Crippen LogP contribution in [0.3, 0.4) is 0 Å². The normalized spacial score (nSPS) is 11.5. The fraction of sp³-hybridized carbons (Fsp3) is 0.130. The second kappa shape index (κ2) is 6.96. The van der Waals surface area contributed by atoms with Gasteiger partial charge in [0.15, 0.2) is 5.78 Å². The molecule has 0 saturated carbocycles. The molecule has 0 bridgehead atoms. The zero-order valence-electron chi connectivity index (χ0n) is 14.4. The van der Waals surface area contributed by atoms with Crippen LogP contribution < -0.4 is 5.32 Å². The van der Waals surface area contributed by atoms with Gasteiger partial charge in [-0.25, -0.2) is 0 Å². The van der Waals surface area contributed by atoms with Gasteiger partial charge in [-0.3, -0.25) is 9.59 Å². The maximum absolute atomic E-state index is 12.2. The molecular weight excluding hydrogens is 322 g/mol. The Balaban J connectivity index is 1.38. The van der Waals surface area contributed by atoms with Crippen LogP contribution in [-0.4, -0.2) is 11.7 Å². The van der Waals surface area contributed by atoms with Gasteiger partial charge < -0.3 is 5.32 Å². The highest BCUT2D eigenvalue weighted by Crippen LogP contribution is 2.37. The van der Waals surface area contributed by atoms with Gasteiger partial charge in [-0.05, 0) is 40.8 Å². The standard InChI is InChI=1S/C23H19NO2/c25-22(16-6-2-1-3-7-16)12-13-23(26)24-19-10-11-21-18(15-19)14-17-8-4-5-9-20(17)21/h1-11,15H,12-14H2,(H,24,26). The summed E-state index contributed by atoms with van der Waals surface area (Å²) in [5.74, 6) is -0.144. The van der Waals surface area contributed by atoms with E-state index in [-0.39, 0.29) is 24.5 Å². The van der Waals surface area contributed by atoms with Crippen LogP contribution in [0, 0.1) is 0 Å². The van der Waals surface area contributed by atoms with Crippen molar-refractivity contribution in [2.75, 3.05) is 5.32 Å². The number of nitrogens with one attached hydrogen (secondary N) is 1. The molecule has 1 N–H and O–H groups in total. The van der Waals surface area contributed by atoms with Gasteiger partial charge in [-0.1, -0.05) is 60.7 Å². The third kappa shape index (κ3) is 3.29. The number of anilines is 1. The van der Waals surface area contributed by atoms with Crippen LogP contribution in [0.5, 0.6) is 0 Å². The highest BCUT2D eigenvalue weighted by Gasteiger charge is 2.18. The Hall–Kier alpha value is -3.20. The van der Waals surface area contributed by atoms with Crippen LogP contribution in [0.2, 0.25) is 0 Å². The largest absolute Gasteiger partial charge is 0.326 e. The van der Waals surface area contributed by atoms with E-state index in [4.69, 9.17) is 0 Å². The van der Waals surface area contributed by atoms with E-state index in [9.17, 15) is 9.59 Å². The third-order valence-corrected chi connectivity index (χ3v) is 4.75. The molecule has 1 aliphatic rings. The fourth-order valence-corrected chi connectivity index (χ4v) is 3.44. The number of hydrogen-bond acceptors (Lipinski definition) is 2. The maximum atomic E-state index is 12.2. The Kier molecular flexibility index (Phi) is 4.36. The van der Waals surface area contributed by atoms with Crippen LogP contribution in [0.4, 0.5) is 5.69 Å². The van der Waals surface area contributed by atoms with E-state index >= 15 is 0 Å². The van der Waals surface area contributed by atoms with Crippen LogP contribution in [-0.2, 0) is 11.2 Å². The first-order valence-corrected chi connectivity index (χ1v) is 8.80. The maximum Gasteiger partial charge on any atom is 0.224 e. The molecule has 0 fully saturated rings. The predicted octanol–water partition coefficient (Wildman–Crippen LogP) is 4.86. The Morgan fingerprint density at radius 1 is 0.769 bits per heavy atom. The molecule has 1 amide bonds. The topological polar surface area (TPSA) is 46.2 Å². The molecule has 0 saturated heterocycles. The molecular formula is C23H19NO2. The average molecular weight is 341 g/mol. The zero-order chi connectivity index (χ0) is 17.9. The number of carbonyl (C=O) groups excluding carboxylic acids is 2. The number of benzene rings is 3. The van der Waals surface area contributed by atoms with E-state index in [0.29, 0.717) is 5.56 Å². The average Bonchev–Trinajstić information content (AvgIpc) is 3.04. The van der Waals surface area contributed by atoms with Crippen molar-refractivity contribution in [3.05, 3.63) is 89.5 Å². The fourth-order valence-electron chi connectivity index (χ4n) is 3.44. The molecule has 3 nitrogen and oxygen atoms in total. The van der Waals surface area contributed by atoms with Crippen LogP contribution in [0.15, 0.2) is 72.8 Å². The number of fused-ring (bicyclic) bond motifs is 3. The number of hydrogen-bond donors (Lipinski definition) is 1. The molecule has 0 atom stereocenters. The van der Waals surface area contributed by atoms with Gasteiger partial charge in [0, 0.05) is 24.1 Å². The zero-order valence-corrected chi connectivity index (χ0v) is 14.4. The minimum Gasteiger partial charge on any atom is -0.326 e. The number of rotatable bonds is 5. The lowest BCUT2D eigenvalue weighted by Gasteiger charge is -2.08. The molecule has 128 valence electrons. The molecule has 3 heteroatoms. The first-order valence-electron chi connectivity index (χ1n) is 8.80. The Morgan fingerprint density at radius 3 is 2.35 bits per heavy atom. The van der Waals surface area contributed by atoms with Gasteiger partial charge in [-0.2, -0.15) is 0 Å². The monoisotopic (exact) mass is 341 g/mol. The SMILES string of the molecule is O=C(CCC(=O)c1ccccc1)Nc1ccc2c(c1)Cc1ccccc1-2. The van der Waals surface area contributed by atoms with Crippen molar-refractivity contribution < 1.29 is 9.59 Å². The van der Waals surface area contributed by atoms with Gasteiger partial charge in [0.2, 0.25) is 5.91 Å². The summed E-state index contributed by atoms with van der Waals surface area (Å²) in [6.07, 6.45) is 1.29. The van der Waals surface area contributed by atoms with E-state index in [2.05, 4.69) is 29.6 Å². The summed E-state index contributed by atoms with van der Waals surface area (Å²) in [5, 5.41) is 2.91. The van der Waals surface area contributed by atoms with E-state index in [0.717, 1.165) is 12.1 Å². The minimum atomic E-state index is -0.134. The van der Waals surface area contributed by atoms with Gasteiger partial charge in [0.25, 0.3) is 0 Å². The molecule has 4 rings (SSSR count). The number of amides is 1. The summed E-state index contributed by atoms with van der Waals surface area (Å²) in [6.45, 7) is 0. The van der Waals surface area contributed by atoms with Gasteiger partial charge in [0.05, 0.1) is 0 Å². The molecule has 3 aromatic carbocycles. The molecule has 3 aromatic rings. The molecule has 0 heterocycles. The summed E-state index contributed by atoms with van der Waals surface area (Å²) in [7, 11) is 0. The van der Waals surface area contributed by atoms with Crippen molar-refractivity contribution in [3.63, 3.8) is 0 Å². The lowest BCUT2D eigenvalue weighted by Crippen LogP contribution is -2.13. The van der Waals surface area contributed by atoms with Crippen LogP contribution in [0.1, 0.15) is 34.3 Å². The molecule has 0 unspecified atom stereocenters. The van der Waals surface area contributed by atoms with E-state index in [1.165, 1.54) is 22.3 Å². The minimum absolute atomic E-state index is 0.00912. The van der Waals surface area contributed by atoms with Crippen LogP contribution >= 0.6 is 0 Å². The van der Waals surface area contributed by atoms with Crippen molar-refractivity contribution in [2.45, 2.75) is 19.3 Å². The van der Waals surface area contributed by atoms with Crippen molar-refractivity contribution >= 4 is 17.4 Å². The molecule has 1 aliphatic carbocycles. The summed E-state index contributed by atoms with van der Waals surface area (Å²) in [5.41, 5.74) is 6.49. The van der Waals surface area contributed by atoms with E-state index in [1.807, 2.05) is 36.4 Å². The number of ketones is 1. The van der Waals surface area contributed by atoms with E-state index in [1.54, 1.807) is 12.1 Å². The van der Waals surface area contributed by atoms with Gasteiger partial charge in [-0.15, -0.1) is 0 Å². The number of carbonyl (C=O) groups is 2. The highest BCUT2D eigenvalue weighted by atomic mass is 16.2. The predicted molar refractivity (Wildman–Crippen MR) is 103 cm³/mol. The lowest BCUT2D eigenvalue weighted by atomic mass is 10.1. The first kappa shape index (κ1) is 16.3. The summed E-state index contributed by atoms with van der Waals surface area (Å²) in [4.78, 5) is 24.3. The molecule has 0 aromatic heterocycles. The van der Waals surface area contributed by atoms with E-state index < -0.39 is 0 Å². The molecule has 0 spiro atoms. The molecule has 0 radical (unpaired) electrons. The first-order chi connectivity index (χ1) is 12.7. The second-order valence-corrected chi connectivity index (χ2v) is 6.54. The molecule has 0 aliphatic heterocycles. The van der Waals surface area contributed by atoms with Gasteiger partial charge >= 0.3 is 0 Å². The third-order valence-electron chi connectivity index (χ3n) is 4.75. The van der Waals surface area contributed by atoms with Crippen molar-refractivity contribution in [1.29, 1.82) is 0 Å². The summed E-state index contributed by atoms with van der Waals surface area (Å²) in [6, 6.07) is 23.5. The van der Waals surface area contributed by atoms with Crippen molar-refractivity contribution in [2.24, 2.45) is 0 Å². The highest BCUT2D eigenvalue weighted by molar-refractivity contribution is 6.00. The quantitative estimate of drug-likeness (QED) is 0.527. The van der Waals surface area contributed by atoms with Gasteiger partial charge in [0.1, 0.15) is 0 Å². The summed E-state index contributed by atoms with van der Waals surface area (Å²) < 4.78 is 0. The second-order valence-electron chi connectivity index (χ2n) is 6.54. The number of Topliss-reactive ketones (excluding diaryl/α,β-unsaturated/α-hetero) is 1. The lowest BCUT2D eigenvalue weighted by molar-refractivity contribution is -0.116. The van der Waals surface area contributed by atoms with Crippen molar-refractivity contribution in [3.8, 4) is 11.1 Å². The smallest absolute Gasteiger partial charge is 0.224 e. The summed E-state index contributed by atoms with van der Waals surface area (Å²) >= 11 is 0. The van der Waals surface area contributed by atoms with Crippen molar-refractivity contribution in [1.82, 2.24) is 0 Å². The van der Waals surface area contributed by atoms with Crippen LogP contribution in [0.25, 0.3) is 11.1 Å². The Bertz CT molecular complexity index is 977. The Labute approximate surface area is 152 Å².